The summed E-state index contributed by atoms with van der Waals surface area (Å²) in [5.41, 5.74) is 1.86. The second kappa shape index (κ2) is 4.98. The molecule has 0 aliphatic rings. The Morgan fingerprint density at radius 3 is 2.64 bits per heavy atom. The van der Waals surface area contributed by atoms with Crippen molar-refractivity contribution in [3.8, 4) is 5.75 Å². The van der Waals surface area contributed by atoms with Gasteiger partial charge in [-0.3, -0.25) is 0 Å². The molecule has 1 unspecified atom stereocenters. The molecule has 3 nitrogen and oxygen atoms in total. The Hall–Kier alpha value is -1.06. The van der Waals surface area contributed by atoms with Gasteiger partial charge in [-0.1, -0.05) is 12.1 Å². The maximum Gasteiger partial charge on any atom is 0.119 e. The standard InChI is InChI=1S/C11H16O3/c1-8-3-2-4-11(14)10(8)6-5-9(13)7-12/h2-4,9,12-14H,5-7H2,1H3. The highest BCUT2D eigenvalue weighted by Gasteiger charge is 2.07. The van der Waals surface area contributed by atoms with Gasteiger partial charge >= 0.3 is 0 Å². The first-order valence-corrected chi connectivity index (χ1v) is 4.71. The highest BCUT2D eigenvalue weighted by atomic mass is 16.3. The molecule has 0 bridgehead atoms. The molecule has 0 aromatic heterocycles. The number of aromatic hydroxyl groups is 1. The minimum Gasteiger partial charge on any atom is -0.508 e. The topological polar surface area (TPSA) is 60.7 Å². The third-order valence-electron chi connectivity index (χ3n) is 2.32. The van der Waals surface area contributed by atoms with Crippen LogP contribution in [-0.4, -0.2) is 28.0 Å². The molecule has 0 amide bonds. The summed E-state index contributed by atoms with van der Waals surface area (Å²) in [6.45, 7) is 1.69. The number of hydrogen-bond donors (Lipinski definition) is 3. The molecule has 3 heteroatoms. The molecule has 0 aliphatic heterocycles. The van der Waals surface area contributed by atoms with Crippen LogP contribution >= 0.6 is 0 Å². The third-order valence-corrected chi connectivity index (χ3v) is 2.32. The van der Waals surface area contributed by atoms with E-state index in [0.29, 0.717) is 12.8 Å². The highest BCUT2D eigenvalue weighted by molar-refractivity contribution is 5.38. The van der Waals surface area contributed by atoms with E-state index in [1.54, 1.807) is 12.1 Å². The van der Waals surface area contributed by atoms with Crippen molar-refractivity contribution in [3.63, 3.8) is 0 Å². The van der Waals surface area contributed by atoms with Crippen LogP contribution < -0.4 is 0 Å². The first kappa shape index (κ1) is 11.0. The molecule has 0 radical (unpaired) electrons. The van der Waals surface area contributed by atoms with Gasteiger partial charge in [-0.25, -0.2) is 0 Å². The summed E-state index contributed by atoms with van der Waals surface area (Å²) in [5, 5.41) is 27.3. The molecule has 3 N–H and O–H groups in total. The smallest absolute Gasteiger partial charge is 0.119 e. The van der Waals surface area contributed by atoms with Crippen LogP contribution in [-0.2, 0) is 6.42 Å². The molecule has 1 aromatic rings. The fourth-order valence-corrected chi connectivity index (χ4v) is 1.41. The lowest BCUT2D eigenvalue weighted by Crippen LogP contribution is -2.12. The van der Waals surface area contributed by atoms with E-state index in [1.807, 2.05) is 13.0 Å². The Morgan fingerprint density at radius 2 is 2.07 bits per heavy atom. The van der Waals surface area contributed by atoms with Crippen molar-refractivity contribution in [2.75, 3.05) is 6.61 Å². The zero-order valence-corrected chi connectivity index (χ0v) is 8.27. The van der Waals surface area contributed by atoms with E-state index in [9.17, 15) is 5.11 Å². The molecule has 0 saturated carbocycles. The second-order valence-electron chi connectivity index (χ2n) is 3.45. The largest absolute Gasteiger partial charge is 0.508 e. The average Bonchev–Trinajstić information content (AvgIpc) is 2.16. The van der Waals surface area contributed by atoms with Gasteiger partial charge in [0, 0.05) is 0 Å². The third kappa shape index (κ3) is 2.72. The van der Waals surface area contributed by atoms with E-state index in [-0.39, 0.29) is 12.4 Å². The zero-order chi connectivity index (χ0) is 10.6. The summed E-state index contributed by atoms with van der Waals surface area (Å²) < 4.78 is 0. The van der Waals surface area contributed by atoms with Crippen molar-refractivity contribution in [2.45, 2.75) is 25.9 Å². The predicted molar refractivity (Wildman–Crippen MR) is 54.3 cm³/mol. The Balaban J connectivity index is 2.66. The molecule has 14 heavy (non-hydrogen) atoms. The summed E-state index contributed by atoms with van der Waals surface area (Å²) >= 11 is 0. The van der Waals surface area contributed by atoms with Crippen LogP contribution in [0.1, 0.15) is 17.5 Å². The average molecular weight is 196 g/mol. The minimum absolute atomic E-state index is 0.230. The highest BCUT2D eigenvalue weighted by Crippen LogP contribution is 2.22. The lowest BCUT2D eigenvalue weighted by molar-refractivity contribution is 0.0884. The van der Waals surface area contributed by atoms with Crippen molar-refractivity contribution in [2.24, 2.45) is 0 Å². The number of phenols is 1. The molecular formula is C11H16O3. The molecule has 0 fully saturated rings. The number of aryl methyl sites for hydroxylation is 1. The number of rotatable bonds is 4. The van der Waals surface area contributed by atoms with Gasteiger partial charge in [-0.05, 0) is 37.0 Å². The van der Waals surface area contributed by atoms with Gasteiger partial charge in [-0.2, -0.15) is 0 Å². The quantitative estimate of drug-likeness (QED) is 0.673. The second-order valence-corrected chi connectivity index (χ2v) is 3.45. The first-order valence-electron chi connectivity index (χ1n) is 4.71. The van der Waals surface area contributed by atoms with Gasteiger partial charge in [0.25, 0.3) is 0 Å². The number of aliphatic hydroxyl groups is 2. The molecule has 0 saturated heterocycles. The maximum absolute atomic E-state index is 9.53. The number of hydrogen-bond acceptors (Lipinski definition) is 3. The number of phenolic OH excluding ortho intramolecular Hbond substituents is 1. The van der Waals surface area contributed by atoms with Gasteiger partial charge in [-0.15, -0.1) is 0 Å². The van der Waals surface area contributed by atoms with E-state index >= 15 is 0 Å². The van der Waals surface area contributed by atoms with Crippen LogP contribution in [0.2, 0.25) is 0 Å². The van der Waals surface area contributed by atoms with Crippen molar-refractivity contribution < 1.29 is 15.3 Å². The zero-order valence-electron chi connectivity index (χ0n) is 8.27. The van der Waals surface area contributed by atoms with Gasteiger partial charge in [0.1, 0.15) is 5.75 Å². The molecule has 1 atom stereocenters. The van der Waals surface area contributed by atoms with Crippen LogP contribution in [0, 0.1) is 6.92 Å². The Kier molecular flexibility index (Phi) is 3.92. The lowest BCUT2D eigenvalue weighted by Gasteiger charge is -2.10. The van der Waals surface area contributed by atoms with Gasteiger partial charge in [0.05, 0.1) is 12.7 Å². The SMILES string of the molecule is Cc1cccc(O)c1CCC(O)CO. The van der Waals surface area contributed by atoms with Crippen molar-refractivity contribution in [1.82, 2.24) is 0 Å². The predicted octanol–water partition coefficient (Wildman–Crippen LogP) is 0.986. The fraction of sp³-hybridized carbons (Fsp3) is 0.455. The van der Waals surface area contributed by atoms with Crippen LogP contribution in [0.3, 0.4) is 0 Å². The Bertz CT molecular complexity index is 276. The molecule has 0 spiro atoms. The van der Waals surface area contributed by atoms with E-state index in [1.165, 1.54) is 0 Å². The summed E-state index contributed by atoms with van der Waals surface area (Å²) in [6.07, 6.45) is 0.351. The minimum atomic E-state index is -0.700. The van der Waals surface area contributed by atoms with Crippen LogP contribution in [0.15, 0.2) is 18.2 Å². The van der Waals surface area contributed by atoms with E-state index in [2.05, 4.69) is 0 Å². The maximum atomic E-state index is 9.53. The lowest BCUT2D eigenvalue weighted by atomic mass is 10.0. The molecule has 0 heterocycles. The normalized spacial score (nSPS) is 12.8. The molecule has 78 valence electrons. The Morgan fingerprint density at radius 1 is 1.36 bits per heavy atom. The Labute approximate surface area is 83.6 Å². The summed E-state index contributed by atoms with van der Waals surface area (Å²) in [6, 6.07) is 5.34. The molecule has 1 aromatic carbocycles. The molecule has 0 aliphatic carbocycles. The number of benzene rings is 1. The van der Waals surface area contributed by atoms with Crippen molar-refractivity contribution >= 4 is 0 Å². The monoisotopic (exact) mass is 196 g/mol. The molecular weight excluding hydrogens is 180 g/mol. The van der Waals surface area contributed by atoms with E-state index in [0.717, 1.165) is 11.1 Å². The first-order chi connectivity index (χ1) is 6.65. The van der Waals surface area contributed by atoms with Crippen LogP contribution in [0.4, 0.5) is 0 Å². The van der Waals surface area contributed by atoms with Gasteiger partial charge in [0.2, 0.25) is 0 Å². The van der Waals surface area contributed by atoms with Crippen LogP contribution in [0.25, 0.3) is 0 Å². The summed E-state index contributed by atoms with van der Waals surface area (Å²) in [7, 11) is 0. The van der Waals surface area contributed by atoms with E-state index < -0.39 is 6.10 Å². The van der Waals surface area contributed by atoms with Gasteiger partial charge < -0.3 is 15.3 Å². The van der Waals surface area contributed by atoms with Crippen molar-refractivity contribution in [3.05, 3.63) is 29.3 Å². The molecule has 1 rings (SSSR count). The number of aliphatic hydroxyl groups excluding tert-OH is 2. The van der Waals surface area contributed by atoms with E-state index in [4.69, 9.17) is 10.2 Å². The summed E-state index contributed by atoms with van der Waals surface area (Å²) in [5.74, 6) is 0.259. The van der Waals surface area contributed by atoms with Crippen molar-refractivity contribution in [1.29, 1.82) is 0 Å². The fourth-order valence-electron chi connectivity index (χ4n) is 1.41. The van der Waals surface area contributed by atoms with Crippen LogP contribution in [0.5, 0.6) is 5.75 Å². The van der Waals surface area contributed by atoms with Gasteiger partial charge in [0.15, 0.2) is 0 Å². The summed E-state index contributed by atoms with van der Waals surface area (Å²) in [4.78, 5) is 0.